The van der Waals surface area contributed by atoms with Crippen LogP contribution in [0.25, 0.3) is 0 Å². The number of nitrogens with one attached hydrogen (secondary N) is 1. The fraction of sp³-hybridized carbons (Fsp3) is 0.840. The quantitative estimate of drug-likeness (QED) is 0.480. The van der Waals surface area contributed by atoms with Gasteiger partial charge in [0.25, 0.3) is 0 Å². The Hall–Kier alpha value is -2.46. The Kier molecular flexibility index (Phi) is 13.1. The van der Waals surface area contributed by atoms with Gasteiger partial charge in [-0.05, 0) is 59.0 Å². The third-order valence-electron chi connectivity index (χ3n) is 6.91. The SMILES string of the molecule is CCOC(=O)N1CCC(=O)C1.CCOC(=O)N1CCC(C#N)(N2CCC(O)CC2)C1.OC1CCNCC1. The summed E-state index contributed by atoms with van der Waals surface area (Å²) in [5.41, 5.74) is -0.604. The third kappa shape index (κ3) is 9.74. The number of Topliss-reactive ketones (excluding diaryl/α,β-unsaturated/α-hetero) is 1. The third-order valence-corrected chi connectivity index (χ3v) is 6.91. The van der Waals surface area contributed by atoms with Gasteiger partial charge < -0.3 is 34.8 Å². The smallest absolute Gasteiger partial charge is 0.410 e. The van der Waals surface area contributed by atoms with E-state index < -0.39 is 5.54 Å². The molecule has 12 heteroatoms. The van der Waals surface area contributed by atoms with Crippen LogP contribution in [0.2, 0.25) is 0 Å². The zero-order valence-electron chi connectivity index (χ0n) is 22.2. The van der Waals surface area contributed by atoms with Crippen molar-refractivity contribution in [3.05, 3.63) is 0 Å². The molecular weight excluding hydrogens is 482 g/mol. The number of carbonyl (C=O) groups excluding carboxylic acids is 3. The van der Waals surface area contributed by atoms with Gasteiger partial charge in [-0.25, -0.2) is 9.59 Å². The van der Waals surface area contributed by atoms with E-state index in [1.807, 2.05) is 0 Å². The van der Waals surface area contributed by atoms with Crippen molar-refractivity contribution >= 4 is 18.0 Å². The van der Waals surface area contributed by atoms with E-state index in [0.29, 0.717) is 71.6 Å². The minimum atomic E-state index is -0.604. The van der Waals surface area contributed by atoms with Crippen molar-refractivity contribution in [1.29, 1.82) is 5.26 Å². The van der Waals surface area contributed by atoms with E-state index in [4.69, 9.17) is 14.6 Å². The van der Waals surface area contributed by atoms with Crippen LogP contribution in [0.1, 0.15) is 52.4 Å². The molecule has 0 saturated carbocycles. The van der Waals surface area contributed by atoms with Crippen LogP contribution >= 0.6 is 0 Å². The van der Waals surface area contributed by atoms with Gasteiger partial charge in [-0.3, -0.25) is 9.69 Å². The number of aliphatic hydroxyl groups is 2. The molecule has 3 N–H and O–H groups in total. The highest BCUT2D eigenvalue weighted by atomic mass is 16.6. The van der Waals surface area contributed by atoms with E-state index in [-0.39, 0.29) is 36.7 Å². The van der Waals surface area contributed by atoms with Crippen molar-refractivity contribution in [1.82, 2.24) is 20.0 Å². The largest absolute Gasteiger partial charge is 0.450 e. The molecule has 4 rings (SSSR count). The number of hydrogen-bond donors (Lipinski definition) is 3. The molecule has 4 aliphatic rings. The highest BCUT2D eigenvalue weighted by Crippen LogP contribution is 2.30. The first-order valence-corrected chi connectivity index (χ1v) is 13.3. The maximum atomic E-state index is 11.7. The summed E-state index contributed by atoms with van der Waals surface area (Å²) in [7, 11) is 0. The Morgan fingerprint density at radius 1 is 0.973 bits per heavy atom. The predicted molar refractivity (Wildman–Crippen MR) is 135 cm³/mol. The summed E-state index contributed by atoms with van der Waals surface area (Å²) >= 11 is 0. The van der Waals surface area contributed by atoms with E-state index in [1.54, 1.807) is 18.7 Å². The zero-order valence-corrected chi connectivity index (χ0v) is 22.2. The summed E-state index contributed by atoms with van der Waals surface area (Å²) in [6.45, 7) is 9.33. The Morgan fingerprint density at radius 2 is 1.54 bits per heavy atom. The zero-order chi connectivity index (χ0) is 27.3. The van der Waals surface area contributed by atoms with Crippen LogP contribution in [0.5, 0.6) is 0 Å². The number of carbonyl (C=O) groups is 3. The lowest BCUT2D eigenvalue weighted by Gasteiger charge is -2.39. The Balaban J connectivity index is 0.000000224. The molecule has 4 saturated heterocycles. The number of hydrogen-bond acceptors (Lipinski definition) is 10. The number of ketones is 1. The van der Waals surface area contributed by atoms with Crippen LogP contribution in [0, 0.1) is 11.3 Å². The van der Waals surface area contributed by atoms with Gasteiger partial charge in [0.05, 0.1) is 44.6 Å². The number of nitriles is 1. The molecule has 0 aromatic heterocycles. The van der Waals surface area contributed by atoms with Crippen molar-refractivity contribution < 1.29 is 34.1 Å². The molecule has 37 heavy (non-hydrogen) atoms. The molecule has 12 nitrogen and oxygen atoms in total. The van der Waals surface area contributed by atoms with Gasteiger partial charge in [0.15, 0.2) is 5.78 Å². The maximum absolute atomic E-state index is 11.7. The van der Waals surface area contributed by atoms with Crippen molar-refractivity contribution in [2.45, 2.75) is 70.1 Å². The molecule has 0 aliphatic carbocycles. The highest BCUT2D eigenvalue weighted by Gasteiger charge is 2.46. The summed E-state index contributed by atoms with van der Waals surface area (Å²) < 4.78 is 9.70. The number of nitrogens with zero attached hydrogens (tertiary/aromatic N) is 4. The Labute approximate surface area is 219 Å². The van der Waals surface area contributed by atoms with Crippen LogP contribution in [0.3, 0.4) is 0 Å². The minimum absolute atomic E-state index is 0.0266. The molecule has 0 aromatic carbocycles. The molecule has 0 aromatic rings. The lowest BCUT2D eigenvalue weighted by molar-refractivity contribution is -0.116. The van der Waals surface area contributed by atoms with E-state index >= 15 is 0 Å². The van der Waals surface area contributed by atoms with Crippen LogP contribution in [-0.2, 0) is 14.3 Å². The van der Waals surface area contributed by atoms with E-state index in [0.717, 1.165) is 25.9 Å². The fourth-order valence-corrected chi connectivity index (χ4v) is 4.69. The fourth-order valence-electron chi connectivity index (χ4n) is 4.69. The van der Waals surface area contributed by atoms with Gasteiger partial charge in [-0.2, -0.15) is 5.26 Å². The first kappa shape index (κ1) is 30.8. The molecular formula is C25H43N5O7. The maximum Gasteiger partial charge on any atom is 0.410 e. The predicted octanol–water partition coefficient (Wildman–Crippen LogP) is 0.716. The standard InChI is InChI=1S/C13H21N3O3.C7H11NO3.C5H11NO/c1-2-19-12(18)15-8-5-13(9-14,10-15)16-6-3-11(17)4-7-16;1-2-11-7(10)8-4-3-6(9)5-8;7-5-1-3-6-4-2-5/h11,17H,2-8,10H2,1H3;2-5H2,1H3;5-7H,1-4H2. The summed E-state index contributed by atoms with van der Waals surface area (Å²) in [6.07, 6.45) is 3.38. The highest BCUT2D eigenvalue weighted by molar-refractivity contribution is 5.87. The van der Waals surface area contributed by atoms with E-state index in [2.05, 4.69) is 16.3 Å². The lowest BCUT2D eigenvalue weighted by atomic mass is 9.94. The van der Waals surface area contributed by atoms with Gasteiger partial charge in [-0.15, -0.1) is 0 Å². The van der Waals surface area contributed by atoms with Gasteiger partial charge in [0, 0.05) is 32.6 Å². The van der Waals surface area contributed by atoms with Crippen LogP contribution in [-0.4, -0.2) is 126 Å². The van der Waals surface area contributed by atoms with Crippen LogP contribution < -0.4 is 5.32 Å². The molecule has 2 amide bonds. The first-order chi connectivity index (χ1) is 17.7. The number of likely N-dealkylation sites (tertiary alicyclic amines) is 3. The van der Waals surface area contributed by atoms with Crippen LogP contribution in [0.4, 0.5) is 9.59 Å². The van der Waals surface area contributed by atoms with Crippen molar-refractivity contribution in [3.63, 3.8) is 0 Å². The molecule has 0 spiro atoms. The summed E-state index contributed by atoms with van der Waals surface area (Å²) in [4.78, 5) is 38.5. The number of amides is 2. The molecule has 0 bridgehead atoms. The molecule has 1 atom stereocenters. The topological polar surface area (TPSA) is 156 Å². The van der Waals surface area contributed by atoms with Crippen molar-refractivity contribution in [2.75, 3.05) is 65.6 Å². The molecule has 210 valence electrons. The van der Waals surface area contributed by atoms with Crippen molar-refractivity contribution in [2.24, 2.45) is 0 Å². The number of rotatable bonds is 3. The second-order valence-electron chi connectivity index (χ2n) is 9.62. The second kappa shape index (κ2) is 15.7. The number of ether oxygens (including phenoxy) is 2. The molecule has 0 radical (unpaired) electrons. The van der Waals surface area contributed by atoms with Gasteiger partial charge >= 0.3 is 12.2 Å². The second-order valence-corrected chi connectivity index (χ2v) is 9.62. The Bertz CT molecular complexity index is 778. The van der Waals surface area contributed by atoms with Crippen molar-refractivity contribution in [3.8, 4) is 6.07 Å². The summed E-state index contributed by atoms with van der Waals surface area (Å²) in [5.74, 6) is 0.109. The molecule has 4 heterocycles. The van der Waals surface area contributed by atoms with Gasteiger partial charge in [0.2, 0.25) is 0 Å². The van der Waals surface area contributed by atoms with Gasteiger partial charge in [-0.1, -0.05) is 0 Å². The number of aliphatic hydroxyl groups excluding tert-OH is 2. The first-order valence-electron chi connectivity index (χ1n) is 13.3. The van der Waals surface area contributed by atoms with Crippen LogP contribution in [0.15, 0.2) is 0 Å². The van der Waals surface area contributed by atoms with Gasteiger partial charge in [0.1, 0.15) is 5.54 Å². The number of piperidine rings is 2. The minimum Gasteiger partial charge on any atom is -0.450 e. The normalized spacial score (nSPS) is 24.9. The average molecular weight is 526 g/mol. The van der Waals surface area contributed by atoms with E-state index in [1.165, 1.54) is 4.90 Å². The molecule has 4 fully saturated rings. The molecule has 1 unspecified atom stereocenters. The monoisotopic (exact) mass is 525 g/mol. The summed E-state index contributed by atoms with van der Waals surface area (Å²) in [5, 5.41) is 31.1. The Morgan fingerprint density at radius 3 is 2.00 bits per heavy atom. The molecule has 4 aliphatic heterocycles. The average Bonchev–Trinajstić information content (AvgIpc) is 3.54. The lowest BCUT2D eigenvalue weighted by Crippen LogP contribution is -2.53. The summed E-state index contributed by atoms with van der Waals surface area (Å²) in [6, 6.07) is 2.38. The van der Waals surface area contributed by atoms with E-state index in [9.17, 15) is 24.8 Å².